The number of ether oxygens (including phenoxy) is 2. The molecule has 0 spiro atoms. The maximum Gasteiger partial charge on any atom is 0.170 e. The molecule has 122 valence electrons. The minimum atomic E-state index is 0.305. The second-order valence-electron chi connectivity index (χ2n) is 4.99. The van der Waals surface area contributed by atoms with Crippen molar-refractivity contribution in [1.29, 1.82) is 0 Å². The van der Waals surface area contributed by atoms with E-state index in [9.17, 15) is 0 Å². The fraction of sp³-hybridized carbons (Fsp3) is 0.235. The molecule has 0 saturated carbocycles. The summed E-state index contributed by atoms with van der Waals surface area (Å²) in [6.45, 7) is 0.305. The van der Waals surface area contributed by atoms with E-state index in [1.807, 2.05) is 38.4 Å². The van der Waals surface area contributed by atoms with Gasteiger partial charge in [0.2, 0.25) is 0 Å². The van der Waals surface area contributed by atoms with Gasteiger partial charge in [-0.15, -0.1) is 0 Å². The monoisotopic (exact) mass is 352 g/mol. The Morgan fingerprint density at radius 3 is 2.61 bits per heavy atom. The average molecular weight is 353 g/mol. The van der Waals surface area contributed by atoms with Gasteiger partial charge >= 0.3 is 0 Å². The summed E-state index contributed by atoms with van der Waals surface area (Å²) in [6, 6.07) is 11.0. The smallest absolute Gasteiger partial charge is 0.170 e. The van der Waals surface area contributed by atoms with Gasteiger partial charge in [0.05, 0.1) is 13.3 Å². The fourth-order valence-corrected chi connectivity index (χ4v) is 2.38. The lowest BCUT2D eigenvalue weighted by Crippen LogP contribution is -2.04. The van der Waals surface area contributed by atoms with Crippen LogP contribution < -0.4 is 9.47 Å². The summed E-state index contributed by atoms with van der Waals surface area (Å²) in [4.78, 5) is 0. The molecule has 0 unspecified atom stereocenters. The van der Waals surface area contributed by atoms with Gasteiger partial charge in [0.15, 0.2) is 11.5 Å². The highest BCUT2D eigenvalue weighted by Gasteiger charge is 2.11. The van der Waals surface area contributed by atoms with E-state index in [-0.39, 0.29) is 0 Å². The molecule has 4 nitrogen and oxygen atoms in total. The van der Waals surface area contributed by atoms with Crippen LogP contribution in [0.25, 0.3) is 0 Å². The summed E-state index contributed by atoms with van der Waals surface area (Å²) in [5.74, 6) is 1.25. The number of hydrogen-bond donors (Lipinski definition) is 0. The van der Waals surface area contributed by atoms with E-state index in [2.05, 4.69) is 5.10 Å². The Balaban J connectivity index is 2.26. The van der Waals surface area contributed by atoms with Crippen molar-refractivity contribution in [3.8, 4) is 11.5 Å². The Kier molecular flexibility index (Phi) is 6.13. The highest BCUT2D eigenvalue weighted by molar-refractivity contribution is 6.35. The first-order valence-corrected chi connectivity index (χ1v) is 7.72. The van der Waals surface area contributed by atoms with Crippen LogP contribution in [-0.4, -0.2) is 32.4 Å². The van der Waals surface area contributed by atoms with Gasteiger partial charge in [0.25, 0.3) is 0 Å². The predicted octanol–water partition coefficient (Wildman–Crippen LogP) is 4.48. The zero-order valence-corrected chi connectivity index (χ0v) is 14.7. The number of para-hydroxylation sites is 1. The molecule has 23 heavy (non-hydrogen) atoms. The number of hydrogen-bond acceptors (Lipinski definition) is 4. The molecule has 0 aliphatic carbocycles. The Labute approximate surface area is 146 Å². The van der Waals surface area contributed by atoms with Crippen molar-refractivity contribution in [1.82, 2.24) is 5.01 Å². The van der Waals surface area contributed by atoms with Gasteiger partial charge in [-0.05, 0) is 24.3 Å². The van der Waals surface area contributed by atoms with E-state index in [0.29, 0.717) is 28.2 Å². The quantitative estimate of drug-likeness (QED) is 0.567. The summed E-state index contributed by atoms with van der Waals surface area (Å²) in [5, 5.41) is 7.11. The molecule has 0 bridgehead atoms. The summed E-state index contributed by atoms with van der Waals surface area (Å²) < 4.78 is 11.3. The van der Waals surface area contributed by atoms with Crippen LogP contribution in [0.15, 0.2) is 41.5 Å². The zero-order valence-electron chi connectivity index (χ0n) is 13.2. The van der Waals surface area contributed by atoms with Gasteiger partial charge in [-0.3, -0.25) is 0 Å². The van der Waals surface area contributed by atoms with Crippen molar-refractivity contribution in [2.45, 2.75) is 6.61 Å². The molecule has 0 radical (unpaired) electrons. The molecule has 2 rings (SSSR count). The van der Waals surface area contributed by atoms with E-state index in [1.54, 1.807) is 30.5 Å². The fourth-order valence-electron chi connectivity index (χ4n) is 1.92. The lowest BCUT2D eigenvalue weighted by atomic mass is 10.2. The Hall–Kier alpha value is -1.91. The number of rotatable bonds is 6. The van der Waals surface area contributed by atoms with E-state index in [1.165, 1.54) is 0 Å². The summed E-state index contributed by atoms with van der Waals surface area (Å²) >= 11 is 12.1. The molecular weight excluding hydrogens is 335 g/mol. The van der Waals surface area contributed by atoms with Crippen molar-refractivity contribution in [3.05, 3.63) is 57.6 Å². The molecule has 0 N–H and O–H groups in total. The molecule has 0 aliphatic heterocycles. The van der Waals surface area contributed by atoms with Crippen LogP contribution >= 0.6 is 23.2 Å². The van der Waals surface area contributed by atoms with Crippen molar-refractivity contribution in [2.24, 2.45) is 5.10 Å². The molecule has 2 aromatic carbocycles. The third kappa shape index (κ3) is 4.78. The highest BCUT2D eigenvalue weighted by Crippen LogP contribution is 2.32. The second kappa shape index (κ2) is 8.09. The maximum absolute atomic E-state index is 6.18. The standard InChI is InChI=1S/C17H18Cl2N2O2/c1-21(2)20-10-12-5-4-6-16(22-3)17(12)23-11-13-7-8-14(18)9-15(13)19/h4-10H,11H2,1-3H3/b20-10+. The topological polar surface area (TPSA) is 34.1 Å². The average Bonchev–Trinajstić information content (AvgIpc) is 2.52. The first-order valence-electron chi connectivity index (χ1n) is 6.96. The normalized spacial score (nSPS) is 10.8. The highest BCUT2D eigenvalue weighted by atomic mass is 35.5. The van der Waals surface area contributed by atoms with Crippen molar-refractivity contribution in [2.75, 3.05) is 21.2 Å². The SMILES string of the molecule is COc1cccc(/C=N/N(C)C)c1OCc1ccc(Cl)cc1Cl. The first kappa shape index (κ1) is 17.4. The van der Waals surface area contributed by atoms with Gasteiger partial charge in [-0.25, -0.2) is 0 Å². The molecular formula is C17H18Cl2N2O2. The van der Waals surface area contributed by atoms with E-state index in [0.717, 1.165) is 11.1 Å². The van der Waals surface area contributed by atoms with Gasteiger partial charge < -0.3 is 14.5 Å². The van der Waals surface area contributed by atoms with Gasteiger partial charge in [-0.2, -0.15) is 5.10 Å². The maximum atomic E-state index is 6.18. The van der Waals surface area contributed by atoms with Crippen LogP contribution in [-0.2, 0) is 6.61 Å². The van der Waals surface area contributed by atoms with E-state index in [4.69, 9.17) is 32.7 Å². The van der Waals surface area contributed by atoms with Crippen molar-refractivity contribution in [3.63, 3.8) is 0 Å². The lowest BCUT2D eigenvalue weighted by molar-refractivity contribution is 0.284. The molecule has 0 aliphatic rings. The number of methoxy groups -OCH3 is 1. The van der Waals surface area contributed by atoms with Crippen LogP contribution in [0.2, 0.25) is 10.0 Å². The van der Waals surface area contributed by atoms with Crippen LogP contribution in [0, 0.1) is 0 Å². The summed E-state index contributed by atoms with van der Waals surface area (Å²) in [6.07, 6.45) is 1.72. The number of halogens is 2. The molecule has 6 heteroatoms. The van der Waals surface area contributed by atoms with Gasteiger partial charge in [0.1, 0.15) is 6.61 Å². The molecule has 2 aromatic rings. The van der Waals surface area contributed by atoms with Gasteiger partial charge in [0, 0.05) is 35.3 Å². The van der Waals surface area contributed by atoms with Crippen LogP contribution in [0.3, 0.4) is 0 Å². The minimum absolute atomic E-state index is 0.305. The molecule has 0 fully saturated rings. The zero-order chi connectivity index (χ0) is 16.8. The molecule has 0 saturated heterocycles. The largest absolute Gasteiger partial charge is 0.493 e. The Morgan fingerprint density at radius 1 is 1.17 bits per heavy atom. The third-order valence-corrected chi connectivity index (χ3v) is 3.63. The molecule has 0 heterocycles. The number of nitrogens with zero attached hydrogens (tertiary/aromatic N) is 2. The Bertz CT molecular complexity index is 703. The predicted molar refractivity (Wildman–Crippen MR) is 95.1 cm³/mol. The van der Waals surface area contributed by atoms with E-state index >= 15 is 0 Å². The molecule has 0 aromatic heterocycles. The molecule has 0 amide bonds. The molecule has 0 atom stereocenters. The summed E-state index contributed by atoms with van der Waals surface area (Å²) in [7, 11) is 5.31. The van der Waals surface area contributed by atoms with Crippen molar-refractivity contribution >= 4 is 29.4 Å². The Morgan fingerprint density at radius 2 is 1.96 bits per heavy atom. The van der Waals surface area contributed by atoms with Crippen LogP contribution in [0.4, 0.5) is 0 Å². The minimum Gasteiger partial charge on any atom is -0.493 e. The lowest BCUT2D eigenvalue weighted by Gasteiger charge is -2.14. The van der Waals surface area contributed by atoms with Gasteiger partial charge in [-0.1, -0.05) is 35.3 Å². The van der Waals surface area contributed by atoms with E-state index < -0.39 is 0 Å². The van der Waals surface area contributed by atoms with Crippen molar-refractivity contribution < 1.29 is 9.47 Å². The number of hydrazone groups is 1. The first-order chi connectivity index (χ1) is 11.0. The summed E-state index contributed by atoms with van der Waals surface area (Å²) in [5.41, 5.74) is 1.67. The van der Waals surface area contributed by atoms with Crippen LogP contribution in [0.5, 0.6) is 11.5 Å². The third-order valence-electron chi connectivity index (χ3n) is 3.04. The van der Waals surface area contributed by atoms with Crippen LogP contribution in [0.1, 0.15) is 11.1 Å². The second-order valence-corrected chi connectivity index (χ2v) is 5.84. The number of benzene rings is 2.